The maximum Gasteiger partial charge on any atom is 0.257 e. The molecule has 0 bridgehead atoms. The normalized spacial score (nSPS) is 13.4. The van der Waals surface area contributed by atoms with Gasteiger partial charge in [-0.2, -0.15) is 0 Å². The van der Waals surface area contributed by atoms with Gasteiger partial charge in [0.1, 0.15) is 0 Å². The van der Waals surface area contributed by atoms with E-state index in [1.54, 1.807) is 12.1 Å². The van der Waals surface area contributed by atoms with Crippen LogP contribution in [0.3, 0.4) is 0 Å². The molecule has 3 rings (SSSR count). The fraction of sp³-hybridized carbons (Fsp3) is 0.364. The Morgan fingerprint density at radius 1 is 0.967 bits per heavy atom. The fourth-order valence-electron chi connectivity index (χ4n) is 3.53. The van der Waals surface area contributed by atoms with Crippen LogP contribution in [0.15, 0.2) is 36.4 Å². The van der Waals surface area contributed by atoms with E-state index in [1.807, 2.05) is 18.2 Å². The molecule has 1 amide bonds. The first-order chi connectivity index (χ1) is 14.6. The fourth-order valence-corrected chi connectivity index (χ4v) is 3.73. The van der Waals surface area contributed by atoms with Crippen LogP contribution in [-0.2, 0) is 0 Å². The van der Waals surface area contributed by atoms with Crippen LogP contribution in [0, 0.1) is 0 Å². The van der Waals surface area contributed by atoms with Gasteiger partial charge >= 0.3 is 0 Å². The third-order valence-corrected chi connectivity index (χ3v) is 5.21. The Morgan fingerprint density at radius 3 is 2.20 bits per heavy atom. The SMILES string of the molecule is COc1cc(C(=O)NC(=S)Nc2ccccc2N2CCCCC2)cc(OC)c1OC. The highest BCUT2D eigenvalue weighted by molar-refractivity contribution is 7.80. The molecule has 1 fully saturated rings. The van der Waals surface area contributed by atoms with Crippen molar-refractivity contribution in [2.45, 2.75) is 19.3 Å². The van der Waals surface area contributed by atoms with Crippen molar-refractivity contribution in [2.75, 3.05) is 44.6 Å². The van der Waals surface area contributed by atoms with Crippen LogP contribution in [-0.4, -0.2) is 45.4 Å². The quantitative estimate of drug-likeness (QED) is 0.676. The summed E-state index contributed by atoms with van der Waals surface area (Å²) >= 11 is 5.40. The molecule has 1 saturated heterocycles. The molecule has 0 unspecified atom stereocenters. The minimum absolute atomic E-state index is 0.221. The Bertz CT molecular complexity index is 888. The molecule has 7 nitrogen and oxygen atoms in total. The van der Waals surface area contributed by atoms with E-state index in [1.165, 1.54) is 40.6 Å². The van der Waals surface area contributed by atoms with Crippen molar-refractivity contribution < 1.29 is 19.0 Å². The average Bonchev–Trinajstić information content (AvgIpc) is 2.78. The topological polar surface area (TPSA) is 72.1 Å². The van der Waals surface area contributed by atoms with Crippen molar-refractivity contribution in [3.63, 3.8) is 0 Å². The Hall–Kier alpha value is -3.00. The summed E-state index contributed by atoms with van der Waals surface area (Å²) in [7, 11) is 4.52. The predicted molar refractivity (Wildman–Crippen MR) is 122 cm³/mol. The molecule has 1 heterocycles. The van der Waals surface area contributed by atoms with Gasteiger partial charge in [-0.05, 0) is 55.7 Å². The van der Waals surface area contributed by atoms with Gasteiger partial charge in [0.15, 0.2) is 16.6 Å². The van der Waals surface area contributed by atoms with Crippen molar-refractivity contribution in [1.82, 2.24) is 5.32 Å². The lowest BCUT2D eigenvalue weighted by Crippen LogP contribution is -2.35. The van der Waals surface area contributed by atoms with Gasteiger partial charge in [0.2, 0.25) is 5.75 Å². The maximum absolute atomic E-state index is 12.8. The van der Waals surface area contributed by atoms with Crippen molar-refractivity contribution in [1.29, 1.82) is 0 Å². The molecular weight excluding hydrogens is 402 g/mol. The molecule has 30 heavy (non-hydrogen) atoms. The van der Waals surface area contributed by atoms with E-state index in [0.29, 0.717) is 22.8 Å². The average molecular weight is 430 g/mol. The molecule has 160 valence electrons. The molecule has 0 aromatic heterocycles. The number of carbonyl (C=O) groups is 1. The minimum Gasteiger partial charge on any atom is -0.493 e. The zero-order chi connectivity index (χ0) is 21.5. The summed E-state index contributed by atoms with van der Waals surface area (Å²) in [5.41, 5.74) is 2.30. The first-order valence-corrected chi connectivity index (χ1v) is 10.2. The van der Waals surface area contributed by atoms with E-state index in [9.17, 15) is 4.79 Å². The van der Waals surface area contributed by atoms with Gasteiger partial charge in [-0.3, -0.25) is 10.1 Å². The number of methoxy groups -OCH3 is 3. The summed E-state index contributed by atoms with van der Waals surface area (Å²) < 4.78 is 15.9. The highest BCUT2D eigenvalue weighted by atomic mass is 32.1. The number of carbonyl (C=O) groups excluding carboxylic acids is 1. The molecule has 2 N–H and O–H groups in total. The smallest absolute Gasteiger partial charge is 0.257 e. The Labute approximate surface area is 182 Å². The molecule has 1 aliphatic rings. The monoisotopic (exact) mass is 429 g/mol. The Kier molecular flexibility index (Phi) is 7.35. The molecule has 0 atom stereocenters. The van der Waals surface area contributed by atoms with Crippen LogP contribution < -0.4 is 29.7 Å². The molecule has 1 aliphatic heterocycles. The molecule has 0 aliphatic carbocycles. The largest absolute Gasteiger partial charge is 0.493 e. The van der Waals surface area contributed by atoms with Crippen molar-refractivity contribution in [2.24, 2.45) is 0 Å². The third kappa shape index (κ3) is 4.94. The lowest BCUT2D eigenvalue weighted by atomic mass is 10.1. The van der Waals surface area contributed by atoms with Gasteiger partial charge in [0, 0.05) is 18.7 Å². The summed E-state index contributed by atoms with van der Waals surface area (Å²) in [6.45, 7) is 2.03. The van der Waals surface area contributed by atoms with Crippen LogP contribution in [0.1, 0.15) is 29.6 Å². The van der Waals surface area contributed by atoms with Crippen LogP contribution in [0.4, 0.5) is 11.4 Å². The van der Waals surface area contributed by atoms with Gasteiger partial charge < -0.3 is 24.4 Å². The second kappa shape index (κ2) is 10.2. The number of ether oxygens (including phenoxy) is 3. The lowest BCUT2D eigenvalue weighted by Gasteiger charge is -2.30. The van der Waals surface area contributed by atoms with Crippen molar-refractivity contribution in [3.05, 3.63) is 42.0 Å². The zero-order valence-electron chi connectivity index (χ0n) is 17.5. The van der Waals surface area contributed by atoms with Crippen molar-refractivity contribution in [3.8, 4) is 17.2 Å². The van der Waals surface area contributed by atoms with Crippen LogP contribution >= 0.6 is 12.2 Å². The summed E-state index contributed by atoms with van der Waals surface area (Å²) in [5, 5.41) is 6.11. The van der Waals surface area contributed by atoms with E-state index in [2.05, 4.69) is 21.6 Å². The lowest BCUT2D eigenvalue weighted by molar-refractivity contribution is 0.0977. The van der Waals surface area contributed by atoms with Gasteiger partial charge in [-0.1, -0.05) is 12.1 Å². The third-order valence-electron chi connectivity index (χ3n) is 5.00. The number of piperidine rings is 1. The standard InChI is InChI=1S/C22H27N3O4S/c1-27-18-13-15(14-19(28-2)20(18)29-3)21(26)24-22(30)23-16-9-5-6-10-17(16)25-11-7-4-8-12-25/h5-6,9-10,13-14H,4,7-8,11-12H2,1-3H3,(H2,23,24,26,30). The number of amides is 1. The number of benzene rings is 2. The molecule has 0 saturated carbocycles. The molecule has 8 heteroatoms. The molecular formula is C22H27N3O4S. The summed E-state index contributed by atoms with van der Waals surface area (Å²) in [6, 6.07) is 11.1. The van der Waals surface area contributed by atoms with Gasteiger partial charge in [0.25, 0.3) is 5.91 Å². The van der Waals surface area contributed by atoms with Gasteiger partial charge in [-0.15, -0.1) is 0 Å². The van der Waals surface area contributed by atoms with Crippen molar-refractivity contribution >= 4 is 34.6 Å². The summed E-state index contributed by atoms with van der Waals surface area (Å²) in [4.78, 5) is 15.1. The first kappa shape index (κ1) is 21.7. The second-order valence-corrected chi connectivity index (χ2v) is 7.30. The Morgan fingerprint density at radius 2 is 1.60 bits per heavy atom. The number of anilines is 2. The van der Waals surface area contributed by atoms with Gasteiger partial charge in [-0.25, -0.2) is 0 Å². The maximum atomic E-state index is 12.8. The number of nitrogens with one attached hydrogen (secondary N) is 2. The summed E-state index contributed by atoms with van der Waals surface area (Å²) in [6.07, 6.45) is 3.61. The first-order valence-electron chi connectivity index (χ1n) is 9.83. The summed E-state index contributed by atoms with van der Waals surface area (Å²) in [5.74, 6) is 0.850. The molecule has 0 spiro atoms. The number of hydrogen-bond donors (Lipinski definition) is 2. The highest BCUT2D eigenvalue weighted by Crippen LogP contribution is 2.38. The van der Waals surface area contributed by atoms with Crippen LogP contribution in [0.25, 0.3) is 0 Å². The molecule has 2 aromatic carbocycles. The van der Waals surface area contributed by atoms with E-state index < -0.39 is 0 Å². The van der Waals surface area contributed by atoms with Crippen LogP contribution in [0.5, 0.6) is 17.2 Å². The highest BCUT2D eigenvalue weighted by Gasteiger charge is 2.19. The number of para-hydroxylation sites is 2. The number of thiocarbonyl (C=S) groups is 1. The van der Waals surface area contributed by atoms with E-state index >= 15 is 0 Å². The molecule has 0 radical (unpaired) electrons. The number of hydrogen-bond acceptors (Lipinski definition) is 6. The zero-order valence-corrected chi connectivity index (χ0v) is 18.3. The van der Waals surface area contributed by atoms with Crippen LogP contribution in [0.2, 0.25) is 0 Å². The number of nitrogens with zero attached hydrogens (tertiary/aromatic N) is 1. The second-order valence-electron chi connectivity index (χ2n) is 6.89. The van der Waals surface area contributed by atoms with Gasteiger partial charge in [0.05, 0.1) is 32.7 Å². The van der Waals surface area contributed by atoms with E-state index in [0.717, 1.165) is 24.5 Å². The van der Waals surface area contributed by atoms with E-state index in [4.69, 9.17) is 26.4 Å². The van der Waals surface area contributed by atoms with E-state index in [-0.39, 0.29) is 11.0 Å². The predicted octanol–water partition coefficient (Wildman–Crippen LogP) is 3.83. The number of rotatable bonds is 6. The molecule has 2 aromatic rings. The Balaban J connectivity index is 1.74. The minimum atomic E-state index is -0.373.